The monoisotopic (exact) mass is 381 g/mol. The Bertz CT molecular complexity index is 767. The van der Waals surface area contributed by atoms with E-state index in [-0.39, 0.29) is 18.6 Å². The number of likely N-dealkylation sites (tertiary alicyclic amines) is 1. The zero-order valence-corrected chi connectivity index (χ0v) is 15.9. The van der Waals surface area contributed by atoms with Crippen LogP contribution >= 0.6 is 0 Å². The highest BCUT2D eigenvalue weighted by Gasteiger charge is 2.33. The summed E-state index contributed by atoms with van der Waals surface area (Å²) < 4.78 is 5.32. The minimum absolute atomic E-state index is 0.0351. The summed E-state index contributed by atoms with van der Waals surface area (Å²) in [6.07, 6.45) is 1.65. The maximum atomic E-state index is 13.1. The molecule has 3 N–H and O–H groups in total. The molecule has 0 aromatic heterocycles. The summed E-state index contributed by atoms with van der Waals surface area (Å²) in [7, 11) is 0. The Morgan fingerprint density at radius 3 is 2.36 bits per heavy atom. The van der Waals surface area contributed by atoms with Crippen molar-refractivity contribution in [3.8, 4) is 0 Å². The van der Waals surface area contributed by atoms with Crippen LogP contribution in [0.4, 0.5) is 4.79 Å². The molecule has 0 spiro atoms. The number of nitrogens with one attached hydrogen (secondary N) is 1. The lowest BCUT2D eigenvalue weighted by atomic mass is 10.0. The molecule has 0 aliphatic carbocycles. The molecule has 0 saturated carbocycles. The summed E-state index contributed by atoms with van der Waals surface area (Å²) in [6.45, 7) is 1.27. The van der Waals surface area contributed by atoms with Crippen molar-refractivity contribution in [2.24, 2.45) is 5.73 Å². The quantitative estimate of drug-likeness (QED) is 0.772. The highest BCUT2D eigenvalue weighted by molar-refractivity contribution is 5.86. The molecule has 1 fully saturated rings. The van der Waals surface area contributed by atoms with E-state index in [2.05, 4.69) is 5.32 Å². The van der Waals surface area contributed by atoms with Gasteiger partial charge in [0.2, 0.25) is 5.91 Å². The van der Waals surface area contributed by atoms with Gasteiger partial charge in [0.1, 0.15) is 12.6 Å². The van der Waals surface area contributed by atoms with Gasteiger partial charge in [0.25, 0.3) is 0 Å². The molecule has 1 aliphatic heterocycles. The third kappa shape index (κ3) is 5.33. The first-order chi connectivity index (χ1) is 13.7. The van der Waals surface area contributed by atoms with E-state index in [4.69, 9.17) is 10.5 Å². The van der Waals surface area contributed by atoms with Crippen molar-refractivity contribution in [3.63, 3.8) is 0 Å². The summed E-state index contributed by atoms with van der Waals surface area (Å²) in [5, 5.41) is 2.76. The summed E-state index contributed by atoms with van der Waals surface area (Å²) in [5.41, 5.74) is 7.70. The molecule has 2 amide bonds. The number of carbonyl (C=O) groups excluding carboxylic acids is 2. The topological polar surface area (TPSA) is 84.7 Å². The molecule has 6 heteroatoms. The van der Waals surface area contributed by atoms with Gasteiger partial charge in [-0.05, 0) is 24.0 Å². The summed E-state index contributed by atoms with van der Waals surface area (Å²) in [5.74, 6) is -0.103. The first-order valence-corrected chi connectivity index (χ1v) is 9.69. The molecule has 1 saturated heterocycles. The predicted molar refractivity (Wildman–Crippen MR) is 107 cm³/mol. The van der Waals surface area contributed by atoms with Gasteiger partial charge in [-0.1, -0.05) is 60.7 Å². The van der Waals surface area contributed by atoms with Gasteiger partial charge < -0.3 is 20.7 Å². The van der Waals surface area contributed by atoms with E-state index in [1.807, 2.05) is 60.7 Å². The van der Waals surface area contributed by atoms with Gasteiger partial charge in [0.05, 0.1) is 0 Å². The lowest BCUT2D eigenvalue weighted by Gasteiger charge is -2.28. The fraction of sp³-hybridized carbons (Fsp3) is 0.364. The maximum absolute atomic E-state index is 13.1. The number of amides is 2. The zero-order chi connectivity index (χ0) is 19.8. The van der Waals surface area contributed by atoms with E-state index in [0.29, 0.717) is 19.5 Å². The van der Waals surface area contributed by atoms with Crippen molar-refractivity contribution in [2.75, 3.05) is 13.1 Å². The average molecular weight is 381 g/mol. The number of hydrogen-bond donors (Lipinski definition) is 2. The number of nitrogens with zero attached hydrogens (tertiary/aromatic N) is 1. The molecule has 1 aliphatic rings. The smallest absolute Gasteiger partial charge is 0.408 e. The van der Waals surface area contributed by atoms with Gasteiger partial charge in [-0.2, -0.15) is 0 Å². The zero-order valence-electron chi connectivity index (χ0n) is 15.9. The second kappa shape index (κ2) is 9.90. The second-order valence-electron chi connectivity index (χ2n) is 7.01. The van der Waals surface area contributed by atoms with Crippen LogP contribution in [0, 0.1) is 0 Å². The lowest BCUT2D eigenvalue weighted by molar-refractivity contribution is -0.134. The number of nitrogens with two attached hydrogens (primary N) is 1. The Hall–Kier alpha value is -2.86. The molecule has 3 rings (SSSR count). The van der Waals surface area contributed by atoms with Crippen LogP contribution in [0.2, 0.25) is 0 Å². The van der Waals surface area contributed by atoms with Crippen molar-refractivity contribution in [3.05, 3.63) is 71.8 Å². The third-order valence-corrected chi connectivity index (χ3v) is 5.02. The molecule has 28 heavy (non-hydrogen) atoms. The van der Waals surface area contributed by atoms with E-state index in [0.717, 1.165) is 24.0 Å². The van der Waals surface area contributed by atoms with Crippen LogP contribution in [-0.4, -0.2) is 42.1 Å². The third-order valence-electron chi connectivity index (χ3n) is 5.02. The Morgan fingerprint density at radius 1 is 1.07 bits per heavy atom. The molecule has 2 aromatic carbocycles. The lowest BCUT2D eigenvalue weighted by Crippen LogP contribution is -2.52. The summed E-state index contributed by atoms with van der Waals surface area (Å²) >= 11 is 0. The fourth-order valence-electron chi connectivity index (χ4n) is 3.53. The highest BCUT2D eigenvalue weighted by atomic mass is 16.5. The fourth-order valence-corrected chi connectivity index (χ4v) is 3.53. The molecule has 0 radical (unpaired) electrons. The number of benzene rings is 2. The van der Waals surface area contributed by atoms with E-state index >= 15 is 0 Å². The van der Waals surface area contributed by atoms with Crippen LogP contribution < -0.4 is 11.1 Å². The Balaban J connectivity index is 1.66. The van der Waals surface area contributed by atoms with Crippen LogP contribution in [0.5, 0.6) is 0 Å². The maximum Gasteiger partial charge on any atom is 0.408 e. The van der Waals surface area contributed by atoms with E-state index < -0.39 is 12.1 Å². The van der Waals surface area contributed by atoms with Crippen molar-refractivity contribution in [1.82, 2.24) is 10.2 Å². The van der Waals surface area contributed by atoms with E-state index in [1.54, 1.807) is 4.90 Å². The van der Waals surface area contributed by atoms with Crippen molar-refractivity contribution in [1.29, 1.82) is 0 Å². The SMILES string of the molecule is NCC1CCCN1C(=O)C(Cc1ccccc1)NC(=O)OCc1ccccc1. The van der Waals surface area contributed by atoms with Crippen molar-refractivity contribution in [2.45, 2.75) is 38.0 Å². The van der Waals surface area contributed by atoms with Gasteiger partial charge in [-0.15, -0.1) is 0 Å². The average Bonchev–Trinajstić information content (AvgIpc) is 3.21. The number of alkyl carbamates (subject to hydrolysis) is 1. The molecule has 2 unspecified atom stereocenters. The normalized spacial score (nSPS) is 17.2. The van der Waals surface area contributed by atoms with Gasteiger partial charge in [0.15, 0.2) is 0 Å². The minimum atomic E-state index is -0.683. The Labute approximate surface area is 165 Å². The Kier molecular flexibility index (Phi) is 7.03. The summed E-state index contributed by atoms with van der Waals surface area (Å²) in [4.78, 5) is 27.3. The van der Waals surface area contributed by atoms with E-state index in [1.165, 1.54) is 0 Å². The van der Waals surface area contributed by atoms with Crippen LogP contribution in [0.25, 0.3) is 0 Å². The van der Waals surface area contributed by atoms with Crippen LogP contribution in [-0.2, 0) is 22.6 Å². The predicted octanol–water partition coefficient (Wildman–Crippen LogP) is 2.47. The van der Waals surface area contributed by atoms with Crippen molar-refractivity contribution >= 4 is 12.0 Å². The summed E-state index contributed by atoms with van der Waals surface area (Å²) in [6, 6.07) is 18.5. The molecule has 2 aromatic rings. The van der Waals surface area contributed by atoms with Gasteiger partial charge in [-0.25, -0.2) is 4.79 Å². The van der Waals surface area contributed by atoms with Crippen LogP contribution in [0.3, 0.4) is 0 Å². The van der Waals surface area contributed by atoms with Crippen molar-refractivity contribution < 1.29 is 14.3 Å². The van der Waals surface area contributed by atoms with Gasteiger partial charge in [-0.3, -0.25) is 4.79 Å². The molecule has 6 nitrogen and oxygen atoms in total. The molecule has 148 valence electrons. The van der Waals surface area contributed by atoms with Crippen LogP contribution in [0.1, 0.15) is 24.0 Å². The molecule has 0 bridgehead atoms. The molecular weight excluding hydrogens is 354 g/mol. The minimum Gasteiger partial charge on any atom is -0.445 e. The molecule has 1 heterocycles. The standard InChI is InChI=1S/C22H27N3O3/c23-15-19-12-7-13-25(19)21(26)20(14-17-8-3-1-4-9-17)24-22(27)28-16-18-10-5-2-6-11-18/h1-6,8-11,19-20H,7,12-16,23H2,(H,24,27). The number of carbonyl (C=O) groups is 2. The Morgan fingerprint density at radius 2 is 1.71 bits per heavy atom. The number of hydrogen-bond acceptors (Lipinski definition) is 4. The van der Waals surface area contributed by atoms with E-state index in [9.17, 15) is 9.59 Å². The van der Waals surface area contributed by atoms with Gasteiger partial charge >= 0.3 is 6.09 Å². The molecule has 2 atom stereocenters. The number of rotatable bonds is 7. The molecular formula is C22H27N3O3. The first kappa shape index (κ1) is 19.9. The number of ether oxygens (including phenoxy) is 1. The second-order valence-corrected chi connectivity index (χ2v) is 7.01. The van der Waals surface area contributed by atoms with Gasteiger partial charge in [0, 0.05) is 25.6 Å². The largest absolute Gasteiger partial charge is 0.445 e. The highest BCUT2D eigenvalue weighted by Crippen LogP contribution is 2.18. The first-order valence-electron chi connectivity index (χ1n) is 9.69. The van der Waals surface area contributed by atoms with Crippen LogP contribution in [0.15, 0.2) is 60.7 Å².